The Labute approximate surface area is 134 Å². The lowest BCUT2D eigenvalue weighted by atomic mass is 9.88. The summed E-state index contributed by atoms with van der Waals surface area (Å²) in [7, 11) is 0. The summed E-state index contributed by atoms with van der Waals surface area (Å²) in [6, 6.07) is 0. The molecule has 0 aromatic rings. The van der Waals surface area contributed by atoms with Gasteiger partial charge in [0.2, 0.25) is 5.91 Å². The molecule has 0 radical (unpaired) electrons. The number of hydrogen-bond acceptors (Lipinski definition) is 4. The van der Waals surface area contributed by atoms with Crippen molar-refractivity contribution in [3.05, 3.63) is 0 Å². The van der Waals surface area contributed by atoms with Gasteiger partial charge in [0.1, 0.15) is 0 Å². The molecule has 1 aliphatic carbocycles. The van der Waals surface area contributed by atoms with Crippen LogP contribution in [0.1, 0.15) is 45.4 Å². The fourth-order valence-corrected chi connectivity index (χ4v) is 3.63. The topological polar surface area (TPSA) is 61.8 Å². The van der Waals surface area contributed by atoms with E-state index in [0.717, 1.165) is 32.4 Å². The summed E-state index contributed by atoms with van der Waals surface area (Å²) in [5, 5.41) is 12.2. The van der Waals surface area contributed by atoms with Crippen molar-refractivity contribution >= 4 is 5.91 Å². The van der Waals surface area contributed by atoms with E-state index in [1.165, 1.54) is 19.3 Å². The van der Waals surface area contributed by atoms with Crippen LogP contribution in [0.5, 0.6) is 0 Å². The molecule has 2 aliphatic rings. The highest BCUT2D eigenvalue weighted by Gasteiger charge is 2.22. The highest BCUT2D eigenvalue weighted by molar-refractivity contribution is 5.77. The lowest BCUT2D eigenvalue weighted by molar-refractivity contribution is -0.123. The van der Waals surface area contributed by atoms with Gasteiger partial charge in [-0.25, -0.2) is 0 Å². The molecule has 0 aromatic carbocycles. The second-order valence-corrected chi connectivity index (χ2v) is 6.95. The fraction of sp³-hybridized carbons (Fsp3) is 0.941. The zero-order chi connectivity index (χ0) is 15.8. The number of carbonyl (C=O) groups excluding carboxylic acids is 1. The quantitative estimate of drug-likeness (QED) is 0.698. The molecule has 128 valence electrons. The molecule has 2 fully saturated rings. The predicted octanol–water partition coefficient (Wildman–Crippen LogP) is 1.40. The smallest absolute Gasteiger partial charge is 0.234 e. The minimum atomic E-state index is 0.0684. The van der Waals surface area contributed by atoms with Crippen LogP contribution in [-0.2, 0) is 9.53 Å². The zero-order valence-electron chi connectivity index (χ0n) is 13.9. The molecule has 1 saturated heterocycles. The van der Waals surface area contributed by atoms with Crippen molar-refractivity contribution in [2.24, 2.45) is 11.8 Å². The van der Waals surface area contributed by atoms with Gasteiger partial charge in [-0.2, -0.15) is 0 Å². The fourth-order valence-electron chi connectivity index (χ4n) is 3.63. The van der Waals surface area contributed by atoms with Crippen molar-refractivity contribution in [2.45, 2.75) is 51.6 Å². The molecule has 5 nitrogen and oxygen atoms in total. The molecule has 1 heterocycles. The molecule has 1 amide bonds. The van der Waals surface area contributed by atoms with Crippen molar-refractivity contribution in [3.8, 4) is 0 Å². The summed E-state index contributed by atoms with van der Waals surface area (Å²) >= 11 is 0. The molecule has 1 aliphatic heterocycles. The van der Waals surface area contributed by atoms with Crippen LogP contribution >= 0.6 is 0 Å². The molecular weight excluding hydrogens is 280 g/mol. The Morgan fingerprint density at radius 1 is 1.27 bits per heavy atom. The Hall–Kier alpha value is -0.650. The van der Waals surface area contributed by atoms with E-state index in [9.17, 15) is 9.90 Å². The number of piperidine rings is 1. The van der Waals surface area contributed by atoms with E-state index in [1.807, 2.05) is 0 Å². The average molecular weight is 312 g/mol. The number of hydrogen-bond donors (Lipinski definition) is 2. The van der Waals surface area contributed by atoms with Gasteiger partial charge in [0.25, 0.3) is 0 Å². The number of amides is 1. The molecule has 0 aromatic heterocycles. The molecule has 0 bridgehead atoms. The molecule has 5 heteroatoms. The second-order valence-electron chi connectivity index (χ2n) is 6.95. The molecule has 1 saturated carbocycles. The monoisotopic (exact) mass is 312 g/mol. The van der Waals surface area contributed by atoms with Crippen molar-refractivity contribution < 1.29 is 14.6 Å². The number of aliphatic hydroxyl groups is 1. The number of rotatable bonds is 7. The maximum Gasteiger partial charge on any atom is 0.234 e. The van der Waals surface area contributed by atoms with Crippen molar-refractivity contribution in [3.63, 3.8) is 0 Å². The third kappa shape index (κ3) is 5.86. The summed E-state index contributed by atoms with van der Waals surface area (Å²) in [5.74, 6) is 1.05. The van der Waals surface area contributed by atoms with Gasteiger partial charge in [-0.3, -0.25) is 9.69 Å². The van der Waals surface area contributed by atoms with Gasteiger partial charge in [0, 0.05) is 19.7 Å². The normalized spacial score (nSPS) is 30.2. The first-order valence-electron chi connectivity index (χ1n) is 8.90. The van der Waals surface area contributed by atoms with Gasteiger partial charge in [0.15, 0.2) is 0 Å². The van der Waals surface area contributed by atoms with Crippen molar-refractivity contribution in [2.75, 3.05) is 39.4 Å². The molecule has 2 N–H and O–H groups in total. The van der Waals surface area contributed by atoms with Crippen molar-refractivity contribution in [1.82, 2.24) is 10.2 Å². The molecule has 22 heavy (non-hydrogen) atoms. The van der Waals surface area contributed by atoms with Gasteiger partial charge >= 0.3 is 0 Å². The summed E-state index contributed by atoms with van der Waals surface area (Å²) in [6.45, 7) is 5.93. The largest absolute Gasteiger partial charge is 0.396 e. The lowest BCUT2D eigenvalue weighted by Gasteiger charge is -2.31. The Balaban J connectivity index is 1.55. The van der Waals surface area contributed by atoms with Crippen LogP contribution in [0.25, 0.3) is 0 Å². The highest BCUT2D eigenvalue weighted by Crippen LogP contribution is 2.25. The van der Waals surface area contributed by atoms with E-state index >= 15 is 0 Å². The van der Waals surface area contributed by atoms with Crippen LogP contribution < -0.4 is 5.32 Å². The average Bonchev–Trinajstić information content (AvgIpc) is 2.53. The zero-order valence-corrected chi connectivity index (χ0v) is 13.9. The summed E-state index contributed by atoms with van der Waals surface area (Å²) in [5.41, 5.74) is 0. The lowest BCUT2D eigenvalue weighted by Crippen LogP contribution is -2.44. The Kier molecular flexibility index (Phi) is 7.63. The minimum Gasteiger partial charge on any atom is -0.396 e. The predicted molar refractivity (Wildman–Crippen MR) is 86.6 cm³/mol. The van der Waals surface area contributed by atoms with Crippen LogP contribution in [0.15, 0.2) is 0 Å². The van der Waals surface area contributed by atoms with Crippen LogP contribution in [0.4, 0.5) is 0 Å². The number of ether oxygens (including phenoxy) is 1. The van der Waals surface area contributed by atoms with E-state index in [0.29, 0.717) is 37.6 Å². The second kappa shape index (κ2) is 9.48. The maximum absolute atomic E-state index is 12.0. The minimum absolute atomic E-state index is 0.0684. The number of likely N-dealkylation sites (tertiary alicyclic amines) is 1. The molecular formula is C17H32N2O3. The van der Waals surface area contributed by atoms with Crippen LogP contribution in [0.3, 0.4) is 0 Å². The third-order valence-electron chi connectivity index (χ3n) is 5.02. The van der Waals surface area contributed by atoms with Gasteiger partial charge in [-0.05, 0) is 44.1 Å². The molecule has 0 spiro atoms. The van der Waals surface area contributed by atoms with Crippen molar-refractivity contribution in [1.29, 1.82) is 0 Å². The third-order valence-corrected chi connectivity index (χ3v) is 5.02. The Morgan fingerprint density at radius 2 is 2.09 bits per heavy atom. The van der Waals surface area contributed by atoms with E-state index < -0.39 is 0 Å². The summed E-state index contributed by atoms with van der Waals surface area (Å²) < 4.78 is 5.91. The van der Waals surface area contributed by atoms with Gasteiger partial charge in [-0.1, -0.05) is 19.8 Å². The maximum atomic E-state index is 12.0. The number of nitrogens with one attached hydrogen (secondary N) is 1. The summed E-state index contributed by atoms with van der Waals surface area (Å²) in [4.78, 5) is 14.1. The van der Waals surface area contributed by atoms with Crippen LogP contribution in [0, 0.1) is 11.8 Å². The van der Waals surface area contributed by atoms with Crippen LogP contribution in [0.2, 0.25) is 0 Å². The first-order chi connectivity index (χ1) is 10.7. The first kappa shape index (κ1) is 17.7. The molecule has 2 rings (SSSR count). The number of aliphatic hydroxyl groups excluding tert-OH is 1. The number of carbonyl (C=O) groups is 1. The van der Waals surface area contributed by atoms with Gasteiger partial charge in [0.05, 0.1) is 19.3 Å². The molecule has 3 unspecified atom stereocenters. The van der Waals surface area contributed by atoms with E-state index in [4.69, 9.17) is 4.74 Å². The van der Waals surface area contributed by atoms with Crippen LogP contribution in [-0.4, -0.2) is 61.4 Å². The van der Waals surface area contributed by atoms with Gasteiger partial charge in [-0.15, -0.1) is 0 Å². The standard InChI is InChI=1S/C17H32N2O3/c1-14-5-2-3-7-16(14)22-10-8-18-17(21)12-19-9-4-6-15(11-19)13-20/h14-16,20H,2-13H2,1H3,(H,18,21). The Morgan fingerprint density at radius 3 is 2.86 bits per heavy atom. The highest BCUT2D eigenvalue weighted by atomic mass is 16.5. The SMILES string of the molecule is CC1CCCCC1OCCNC(=O)CN1CCCC(CO)C1. The van der Waals surface area contributed by atoms with E-state index in [-0.39, 0.29) is 12.5 Å². The van der Waals surface area contributed by atoms with Gasteiger partial charge < -0.3 is 15.2 Å². The first-order valence-corrected chi connectivity index (χ1v) is 8.90. The molecule has 3 atom stereocenters. The summed E-state index contributed by atoms with van der Waals surface area (Å²) in [6.07, 6.45) is 7.52. The Bertz CT molecular complexity index is 338. The van der Waals surface area contributed by atoms with E-state index in [1.54, 1.807) is 0 Å². The number of nitrogens with zero attached hydrogens (tertiary/aromatic N) is 1. The van der Waals surface area contributed by atoms with E-state index in [2.05, 4.69) is 17.1 Å².